The number of benzene rings is 1. The van der Waals surface area contributed by atoms with Crippen molar-refractivity contribution < 1.29 is 9.53 Å². The minimum atomic E-state index is -0.614. The predicted molar refractivity (Wildman–Crippen MR) is 115 cm³/mol. The molecule has 3 aromatic rings. The number of aromatic nitrogens is 3. The number of pyridine rings is 1. The largest absolute Gasteiger partial charge is 0.451 e. The van der Waals surface area contributed by atoms with Crippen LogP contribution < -0.4 is 4.90 Å². The Morgan fingerprint density at radius 1 is 1.00 bits per heavy atom. The zero-order chi connectivity index (χ0) is 20.9. The number of rotatable bonds is 3. The van der Waals surface area contributed by atoms with E-state index in [0.717, 1.165) is 54.5 Å². The summed E-state index contributed by atoms with van der Waals surface area (Å²) in [6.45, 7) is 7.86. The molecular formula is C23H25N5O2. The van der Waals surface area contributed by atoms with Crippen molar-refractivity contribution in [1.29, 1.82) is 0 Å². The van der Waals surface area contributed by atoms with E-state index in [0.29, 0.717) is 5.56 Å². The molecule has 0 N–H and O–H groups in total. The van der Waals surface area contributed by atoms with Crippen molar-refractivity contribution in [3.05, 3.63) is 59.9 Å². The Morgan fingerprint density at radius 2 is 1.77 bits per heavy atom. The van der Waals surface area contributed by atoms with Crippen LogP contribution in [0.25, 0.3) is 16.9 Å². The summed E-state index contributed by atoms with van der Waals surface area (Å²) in [5.74, 6) is 1.51. The summed E-state index contributed by atoms with van der Waals surface area (Å²) in [4.78, 5) is 21.5. The molecule has 1 aromatic carbocycles. The standard InChI is InChI=1S/C23H25N5O2/c1-23(2)19-13-16(7-8-18(19)22(29)30-23)17-14-24-28(15-17)21-6-4-5-20(25-21)27-11-9-26(3)10-12-27/h4-8,13-15H,9-12H2,1-3H3. The minimum Gasteiger partial charge on any atom is -0.451 e. The molecule has 7 heteroatoms. The van der Waals surface area contributed by atoms with Gasteiger partial charge in [0.2, 0.25) is 0 Å². The fourth-order valence-electron chi connectivity index (χ4n) is 4.09. The Bertz CT molecular complexity index is 1110. The molecule has 2 aliphatic heterocycles. The second kappa shape index (κ2) is 6.95. The molecule has 154 valence electrons. The molecule has 0 bridgehead atoms. The molecule has 1 saturated heterocycles. The number of nitrogens with zero attached hydrogens (tertiary/aromatic N) is 5. The molecule has 7 nitrogen and oxygen atoms in total. The van der Waals surface area contributed by atoms with Gasteiger partial charge in [-0.15, -0.1) is 0 Å². The van der Waals surface area contributed by atoms with Gasteiger partial charge in [0.05, 0.1) is 11.8 Å². The molecule has 0 saturated carbocycles. The molecule has 5 rings (SSSR count). The van der Waals surface area contributed by atoms with Crippen LogP contribution in [0.15, 0.2) is 48.8 Å². The van der Waals surface area contributed by atoms with Crippen LogP contribution in [0.4, 0.5) is 5.82 Å². The van der Waals surface area contributed by atoms with Crippen molar-refractivity contribution >= 4 is 11.8 Å². The van der Waals surface area contributed by atoms with E-state index in [2.05, 4.69) is 28.0 Å². The predicted octanol–water partition coefficient (Wildman–Crippen LogP) is 3.09. The van der Waals surface area contributed by atoms with Gasteiger partial charge in [-0.1, -0.05) is 12.1 Å². The number of anilines is 1. The summed E-state index contributed by atoms with van der Waals surface area (Å²) in [6.07, 6.45) is 3.80. The molecule has 1 fully saturated rings. The third-order valence-electron chi connectivity index (χ3n) is 5.93. The second-order valence-corrected chi connectivity index (χ2v) is 8.48. The van der Waals surface area contributed by atoms with Crippen LogP contribution in [0.5, 0.6) is 0 Å². The van der Waals surface area contributed by atoms with E-state index in [9.17, 15) is 4.79 Å². The lowest BCUT2D eigenvalue weighted by atomic mass is 9.93. The zero-order valence-corrected chi connectivity index (χ0v) is 17.5. The fraction of sp³-hybridized carbons (Fsp3) is 0.348. The number of carbonyl (C=O) groups excluding carboxylic acids is 1. The highest BCUT2D eigenvalue weighted by molar-refractivity contribution is 5.95. The maximum Gasteiger partial charge on any atom is 0.339 e. The Kier molecular flexibility index (Phi) is 4.36. The smallest absolute Gasteiger partial charge is 0.339 e. The van der Waals surface area contributed by atoms with Crippen LogP contribution in [0.2, 0.25) is 0 Å². The van der Waals surface area contributed by atoms with Gasteiger partial charge < -0.3 is 14.5 Å². The van der Waals surface area contributed by atoms with Crippen molar-refractivity contribution in [2.45, 2.75) is 19.4 Å². The topological polar surface area (TPSA) is 63.5 Å². The summed E-state index contributed by atoms with van der Waals surface area (Å²) in [7, 11) is 2.15. The Labute approximate surface area is 175 Å². The third-order valence-corrected chi connectivity index (χ3v) is 5.93. The SMILES string of the molecule is CN1CCN(c2cccc(-n3cc(-c4ccc5c(c4)C(C)(C)OC5=O)cn3)n2)CC1. The maximum atomic E-state index is 12.0. The third kappa shape index (κ3) is 3.25. The zero-order valence-electron chi connectivity index (χ0n) is 17.5. The van der Waals surface area contributed by atoms with Crippen LogP contribution in [0.1, 0.15) is 29.8 Å². The number of hydrogen-bond acceptors (Lipinski definition) is 6. The first-order valence-corrected chi connectivity index (χ1v) is 10.2. The van der Waals surface area contributed by atoms with Crippen LogP contribution in [-0.4, -0.2) is 58.9 Å². The number of piperazine rings is 1. The van der Waals surface area contributed by atoms with Gasteiger partial charge >= 0.3 is 5.97 Å². The lowest BCUT2D eigenvalue weighted by molar-refractivity contribution is 0.00955. The normalized spacial score (nSPS) is 18.4. The number of likely N-dealkylation sites (N-methyl/N-ethyl adjacent to an activating group) is 1. The molecule has 0 aliphatic carbocycles. The van der Waals surface area contributed by atoms with Crippen molar-refractivity contribution in [1.82, 2.24) is 19.7 Å². The van der Waals surface area contributed by atoms with E-state index < -0.39 is 5.60 Å². The van der Waals surface area contributed by atoms with Crippen molar-refractivity contribution in [3.63, 3.8) is 0 Å². The summed E-state index contributed by atoms with van der Waals surface area (Å²) in [5, 5.41) is 4.54. The molecule has 2 aromatic heterocycles. The van der Waals surface area contributed by atoms with Gasteiger partial charge in [0.15, 0.2) is 5.82 Å². The number of ether oxygens (including phenoxy) is 1. The van der Waals surface area contributed by atoms with Crippen molar-refractivity contribution in [3.8, 4) is 16.9 Å². The van der Waals surface area contributed by atoms with Gasteiger partial charge in [-0.3, -0.25) is 0 Å². The Morgan fingerprint density at radius 3 is 2.57 bits per heavy atom. The molecule has 0 radical (unpaired) electrons. The van der Waals surface area contributed by atoms with E-state index in [1.54, 1.807) is 4.68 Å². The summed E-state index contributed by atoms with van der Waals surface area (Å²) in [6, 6.07) is 11.9. The van der Waals surface area contributed by atoms with Crippen LogP contribution in [0.3, 0.4) is 0 Å². The van der Waals surface area contributed by atoms with E-state index in [4.69, 9.17) is 9.72 Å². The van der Waals surface area contributed by atoms with Crippen LogP contribution >= 0.6 is 0 Å². The average Bonchev–Trinajstić information content (AvgIpc) is 3.32. The molecule has 4 heterocycles. The summed E-state index contributed by atoms with van der Waals surface area (Å²) >= 11 is 0. The number of hydrogen-bond donors (Lipinski definition) is 0. The summed E-state index contributed by atoms with van der Waals surface area (Å²) in [5.41, 5.74) is 2.91. The van der Waals surface area contributed by atoms with Gasteiger partial charge in [0.1, 0.15) is 11.4 Å². The number of cyclic esters (lactones) is 1. The second-order valence-electron chi connectivity index (χ2n) is 8.48. The van der Waals surface area contributed by atoms with Gasteiger partial charge in [0.25, 0.3) is 0 Å². The average molecular weight is 403 g/mol. The molecule has 0 spiro atoms. The van der Waals surface area contributed by atoms with E-state index in [1.165, 1.54) is 0 Å². The minimum absolute atomic E-state index is 0.262. The lowest BCUT2D eigenvalue weighted by Crippen LogP contribution is -2.44. The van der Waals surface area contributed by atoms with Crippen molar-refractivity contribution in [2.24, 2.45) is 0 Å². The van der Waals surface area contributed by atoms with Gasteiger partial charge in [0, 0.05) is 43.5 Å². The van der Waals surface area contributed by atoms with E-state index >= 15 is 0 Å². The Balaban J connectivity index is 1.43. The highest BCUT2D eigenvalue weighted by atomic mass is 16.6. The van der Waals surface area contributed by atoms with Gasteiger partial charge in [-0.2, -0.15) is 5.10 Å². The number of carbonyl (C=O) groups is 1. The first-order valence-electron chi connectivity index (χ1n) is 10.2. The lowest BCUT2D eigenvalue weighted by Gasteiger charge is -2.33. The first-order chi connectivity index (χ1) is 14.4. The highest BCUT2D eigenvalue weighted by Gasteiger charge is 2.37. The van der Waals surface area contributed by atoms with E-state index in [1.807, 2.05) is 56.6 Å². The highest BCUT2D eigenvalue weighted by Crippen LogP contribution is 2.38. The van der Waals surface area contributed by atoms with Crippen LogP contribution in [0, 0.1) is 0 Å². The maximum absolute atomic E-state index is 12.0. The molecule has 0 atom stereocenters. The van der Waals surface area contributed by atoms with Gasteiger partial charge in [-0.25, -0.2) is 14.5 Å². The molecule has 0 amide bonds. The number of fused-ring (bicyclic) bond motifs is 1. The van der Waals surface area contributed by atoms with Crippen LogP contribution in [-0.2, 0) is 10.3 Å². The molecular weight excluding hydrogens is 378 g/mol. The number of esters is 1. The molecule has 30 heavy (non-hydrogen) atoms. The molecule has 2 aliphatic rings. The fourth-order valence-corrected chi connectivity index (χ4v) is 4.09. The van der Waals surface area contributed by atoms with Crippen molar-refractivity contribution in [2.75, 3.05) is 38.1 Å². The monoisotopic (exact) mass is 403 g/mol. The van der Waals surface area contributed by atoms with Gasteiger partial charge in [-0.05, 0) is 50.7 Å². The summed E-state index contributed by atoms with van der Waals surface area (Å²) < 4.78 is 7.29. The quantitative estimate of drug-likeness (QED) is 0.627. The van der Waals surface area contributed by atoms with E-state index in [-0.39, 0.29) is 5.97 Å². The Hall–Kier alpha value is -3.19. The molecule has 0 unspecified atom stereocenters. The first kappa shape index (κ1) is 18.8.